The van der Waals surface area contributed by atoms with Crippen molar-refractivity contribution in [2.24, 2.45) is 5.92 Å². The zero-order valence-corrected chi connectivity index (χ0v) is 11.6. The van der Waals surface area contributed by atoms with Crippen LogP contribution in [0.5, 0.6) is 0 Å². The highest BCUT2D eigenvalue weighted by molar-refractivity contribution is 5.82. The van der Waals surface area contributed by atoms with Gasteiger partial charge in [0.05, 0.1) is 0 Å². The Bertz CT molecular complexity index is 632. The van der Waals surface area contributed by atoms with Gasteiger partial charge in [0.2, 0.25) is 0 Å². The van der Waals surface area contributed by atoms with Crippen LogP contribution in [0.15, 0.2) is 28.7 Å². The molecule has 2 aromatic rings. The number of aliphatic carboxylic acids is 1. The molecule has 1 N–H and O–H groups in total. The summed E-state index contributed by atoms with van der Waals surface area (Å²) in [6.07, 6.45) is 1.25. The van der Waals surface area contributed by atoms with E-state index in [0.717, 1.165) is 37.4 Å². The van der Waals surface area contributed by atoms with Gasteiger partial charge in [0.15, 0.2) is 0 Å². The number of nitrogens with zero attached hydrogens (tertiary/aromatic N) is 1. The molecule has 1 aromatic carbocycles. The molecule has 1 fully saturated rings. The number of carbonyl (C=O) groups is 1. The van der Waals surface area contributed by atoms with Crippen molar-refractivity contribution < 1.29 is 14.3 Å². The predicted molar refractivity (Wildman–Crippen MR) is 76.6 cm³/mol. The minimum atomic E-state index is -0.693. The average molecular weight is 273 g/mol. The second kappa shape index (κ2) is 5.29. The van der Waals surface area contributed by atoms with E-state index in [2.05, 4.69) is 11.0 Å². The molecule has 0 aliphatic carbocycles. The van der Waals surface area contributed by atoms with Crippen molar-refractivity contribution in [1.82, 2.24) is 4.90 Å². The predicted octanol–water partition coefficient (Wildman–Crippen LogP) is 3.04. The van der Waals surface area contributed by atoms with Gasteiger partial charge in [-0.25, -0.2) is 0 Å². The number of hydrogen-bond donors (Lipinski definition) is 1. The number of carboxylic acids is 1. The van der Waals surface area contributed by atoms with Crippen LogP contribution in [-0.2, 0) is 11.3 Å². The van der Waals surface area contributed by atoms with Gasteiger partial charge in [-0.1, -0.05) is 18.2 Å². The third-order valence-corrected chi connectivity index (χ3v) is 4.12. The number of furan rings is 1. The topological polar surface area (TPSA) is 53.7 Å². The van der Waals surface area contributed by atoms with E-state index in [1.165, 1.54) is 10.9 Å². The molecule has 1 aromatic heterocycles. The van der Waals surface area contributed by atoms with E-state index in [1.54, 1.807) is 0 Å². The summed E-state index contributed by atoms with van der Waals surface area (Å²) in [4.78, 5) is 13.1. The standard InChI is InChI=1S/C16H19NO3/c1-11-14(13-4-2-3-5-15(13)20-11)10-17-7-6-12(9-17)8-16(18)19/h2-5,12H,6-10H2,1H3,(H,18,19). The molecule has 0 bridgehead atoms. The Hall–Kier alpha value is -1.81. The molecule has 0 saturated carbocycles. The molecule has 1 atom stereocenters. The Morgan fingerprint density at radius 1 is 1.45 bits per heavy atom. The average Bonchev–Trinajstić information content (AvgIpc) is 2.95. The van der Waals surface area contributed by atoms with Gasteiger partial charge < -0.3 is 9.52 Å². The van der Waals surface area contributed by atoms with Crippen LogP contribution in [0.1, 0.15) is 24.2 Å². The Morgan fingerprint density at radius 3 is 3.05 bits per heavy atom. The molecule has 3 rings (SSSR count). The molecule has 20 heavy (non-hydrogen) atoms. The lowest BCUT2D eigenvalue weighted by Gasteiger charge is -2.15. The van der Waals surface area contributed by atoms with Crippen molar-refractivity contribution in [1.29, 1.82) is 0 Å². The largest absolute Gasteiger partial charge is 0.481 e. The fourth-order valence-corrected chi connectivity index (χ4v) is 3.11. The minimum Gasteiger partial charge on any atom is -0.481 e. The van der Waals surface area contributed by atoms with E-state index in [4.69, 9.17) is 9.52 Å². The molecule has 4 nitrogen and oxygen atoms in total. The van der Waals surface area contributed by atoms with E-state index < -0.39 is 5.97 Å². The first-order valence-electron chi connectivity index (χ1n) is 7.04. The van der Waals surface area contributed by atoms with E-state index in [9.17, 15) is 4.79 Å². The molecule has 2 heterocycles. The highest BCUT2D eigenvalue weighted by Gasteiger charge is 2.25. The molecule has 1 unspecified atom stereocenters. The normalized spacial score (nSPS) is 19.8. The number of fused-ring (bicyclic) bond motifs is 1. The number of aryl methyl sites for hydroxylation is 1. The summed E-state index contributed by atoms with van der Waals surface area (Å²) in [7, 11) is 0. The first-order valence-corrected chi connectivity index (χ1v) is 7.04. The summed E-state index contributed by atoms with van der Waals surface area (Å²) in [5.74, 6) is 0.556. The Labute approximate surface area is 118 Å². The third-order valence-electron chi connectivity index (χ3n) is 4.12. The van der Waals surface area contributed by atoms with Crippen LogP contribution in [0.25, 0.3) is 11.0 Å². The van der Waals surface area contributed by atoms with Crippen LogP contribution in [0.2, 0.25) is 0 Å². The molecule has 4 heteroatoms. The van der Waals surface area contributed by atoms with E-state index in [0.29, 0.717) is 0 Å². The number of likely N-dealkylation sites (tertiary alicyclic amines) is 1. The lowest BCUT2D eigenvalue weighted by Crippen LogP contribution is -2.21. The molecule has 0 amide bonds. The smallest absolute Gasteiger partial charge is 0.303 e. The third kappa shape index (κ3) is 2.56. The van der Waals surface area contributed by atoms with Crippen molar-refractivity contribution >= 4 is 16.9 Å². The molecular weight excluding hydrogens is 254 g/mol. The van der Waals surface area contributed by atoms with Crippen molar-refractivity contribution in [3.63, 3.8) is 0 Å². The maximum atomic E-state index is 10.8. The van der Waals surface area contributed by atoms with Gasteiger partial charge in [0.25, 0.3) is 0 Å². The molecule has 1 saturated heterocycles. The van der Waals surface area contributed by atoms with Gasteiger partial charge in [-0.2, -0.15) is 0 Å². The van der Waals surface area contributed by atoms with E-state index >= 15 is 0 Å². The van der Waals surface area contributed by atoms with Gasteiger partial charge in [-0.3, -0.25) is 9.69 Å². The Balaban J connectivity index is 1.74. The molecule has 106 valence electrons. The van der Waals surface area contributed by atoms with Crippen LogP contribution >= 0.6 is 0 Å². The monoisotopic (exact) mass is 273 g/mol. The SMILES string of the molecule is Cc1oc2ccccc2c1CN1CCC(CC(=O)O)C1. The van der Waals surface area contributed by atoms with Gasteiger partial charge in [-0.15, -0.1) is 0 Å². The summed E-state index contributed by atoms with van der Waals surface area (Å²) in [5, 5.41) is 10.0. The highest BCUT2D eigenvalue weighted by atomic mass is 16.4. The zero-order chi connectivity index (χ0) is 14.1. The quantitative estimate of drug-likeness (QED) is 0.930. The number of hydrogen-bond acceptors (Lipinski definition) is 3. The maximum absolute atomic E-state index is 10.8. The molecular formula is C16H19NO3. The van der Waals surface area contributed by atoms with Crippen molar-refractivity contribution in [2.45, 2.75) is 26.3 Å². The van der Waals surface area contributed by atoms with Crippen LogP contribution in [0.3, 0.4) is 0 Å². The molecule has 1 aliphatic rings. The van der Waals surface area contributed by atoms with Crippen molar-refractivity contribution in [3.8, 4) is 0 Å². The van der Waals surface area contributed by atoms with Crippen molar-refractivity contribution in [3.05, 3.63) is 35.6 Å². The van der Waals surface area contributed by atoms with Crippen LogP contribution < -0.4 is 0 Å². The zero-order valence-electron chi connectivity index (χ0n) is 11.6. The van der Waals surface area contributed by atoms with E-state index in [-0.39, 0.29) is 12.3 Å². The van der Waals surface area contributed by atoms with E-state index in [1.807, 2.05) is 25.1 Å². The first kappa shape index (κ1) is 13.2. The number of rotatable bonds is 4. The number of para-hydroxylation sites is 1. The van der Waals surface area contributed by atoms with Crippen LogP contribution in [-0.4, -0.2) is 29.1 Å². The fraction of sp³-hybridized carbons (Fsp3) is 0.438. The highest BCUT2D eigenvalue weighted by Crippen LogP contribution is 2.29. The first-order chi connectivity index (χ1) is 9.63. The number of carboxylic acid groups (broad SMARTS) is 1. The number of benzene rings is 1. The lowest BCUT2D eigenvalue weighted by molar-refractivity contribution is -0.138. The Kier molecular flexibility index (Phi) is 3.49. The lowest BCUT2D eigenvalue weighted by atomic mass is 10.1. The second-order valence-electron chi connectivity index (χ2n) is 5.62. The molecule has 0 spiro atoms. The van der Waals surface area contributed by atoms with Gasteiger partial charge >= 0.3 is 5.97 Å². The second-order valence-corrected chi connectivity index (χ2v) is 5.62. The molecule has 1 aliphatic heterocycles. The minimum absolute atomic E-state index is 0.279. The van der Waals surface area contributed by atoms with Gasteiger partial charge in [0.1, 0.15) is 11.3 Å². The van der Waals surface area contributed by atoms with Crippen LogP contribution in [0, 0.1) is 12.8 Å². The molecule has 0 radical (unpaired) electrons. The Morgan fingerprint density at radius 2 is 2.25 bits per heavy atom. The summed E-state index contributed by atoms with van der Waals surface area (Å²) in [6.45, 7) is 4.68. The van der Waals surface area contributed by atoms with Crippen LogP contribution in [0.4, 0.5) is 0 Å². The van der Waals surface area contributed by atoms with Gasteiger partial charge in [0, 0.05) is 30.5 Å². The summed E-state index contributed by atoms with van der Waals surface area (Å²) in [5.41, 5.74) is 2.16. The summed E-state index contributed by atoms with van der Waals surface area (Å²) < 4.78 is 5.78. The summed E-state index contributed by atoms with van der Waals surface area (Å²) >= 11 is 0. The maximum Gasteiger partial charge on any atom is 0.303 e. The fourth-order valence-electron chi connectivity index (χ4n) is 3.11. The van der Waals surface area contributed by atoms with Gasteiger partial charge in [-0.05, 0) is 31.9 Å². The van der Waals surface area contributed by atoms with Crippen molar-refractivity contribution in [2.75, 3.05) is 13.1 Å². The summed E-state index contributed by atoms with van der Waals surface area (Å²) in [6, 6.07) is 8.08.